The van der Waals surface area contributed by atoms with Gasteiger partial charge in [-0.05, 0) is 12.1 Å². The Morgan fingerprint density at radius 2 is 1.85 bits per heavy atom. The smallest absolute Gasteiger partial charge is 0.161 e. The van der Waals surface area contributed by atoms with E-state index >= 15 is 0 Å². The van der Waals surface area contributed by atoms with Crippen LogP contribution < -0.4 is 14.8 Å². The Bertz CT molecular complexity index is 895. The molecule has 2 heterocycles. The molecule has 1 unspecified atom stereocenters. The van der Waals surface area contributed by atoms with Gasteiger partial charge in [0.05, 0.1) is 5.69 Å². The molecule has 26 heavy (non-hydrogen) atoms. The lowest BCUT2D eigenvalue weighted by Crippen LogP contribution is -2.38. The van der Waals surface area contributed by atoms with Crippen LogP contribution >= 0.6 is 11.6 Å². The summed E-state index contributed by atoms with van der Waals surface area (Å²) in [6.45, 7) is 1.79. The van der Waals surface area contributed by atoms with Crippen molar-refractivity contribution in [2.45, 2.75) is 12.6 Å². The first kappa shape index (κ1) is 16.9. The lowest BCUT2D eigenvalue weighted by molar-refractivity contribution is 0.0902. The lowest BCUT2D eigenvalue weighted by Gasteiger charge is -2.26. The molecule has 2 aromatic carbocycles. The molecule has 0 saturated carbocycles. The number of aryl methyl sites for hydroxylation is 1. The van der Waals surface area contributed by atoms with Crippen molar-refractivity contribution in [3.63, 3.8) is 0 Å². The van der Waals surface area contributed by atoms with Crippen molar-refractivity contribution in [3.05, 3.63) is 65.3 Å². The molecule has 0 spiro atoms. The van der Waals surface area contributed by atoms with Crippen LogP contribution in [-0.4, -0.2) is 29.0 Å². The molecule has 0 fully saturated rings. The van der Waals surface area contributed by atoms with Gasteiger partial charge in [-0.3, -0.25) is 4.68 Å². The fourth-order valence-corrected chi connectivity index (χ4v) is 3.25. The molecule has 4 rings (SSSR count). The largest absolute Gasteiger partial charge is 0.486 e. The molecule has 0 aliphatic carbocycles. The zero-order chi connectivity index (χ0) is 17.9. The average molecular weight is 370 g/mol. The van der Waals surface area contributed by atoms with Gasteiger partial charge in [-0.2, -0.15) is 5.10 Å². The fourth-order valence-electron chi connectivity index (χ4n) is 3.05. The van der Waals surface area contributed by atoms with Crippen molar-refractivity contribution in [2.75, 3.05) is 13.2 Å². The van der Waals surface area contributed by atoms with Crippen molar-refractivity contribution in [3.8, 4) is 22.8 Å². The van der Waals surface area contributed by atoms with E-state index in [2.05, 4.69) is 10.4 Å². The standard InChI is InChI=1S/C20H20ClN3O2/c1-24-20(21)16(19(23-24)14-7-3-2-4-8-14)12-22-11-15-13-25-17-9-5-6-10-18(17)26-15/h2-10,15,22H,11-13H2,1H3. The first-order valence-electron chi connectivity index (χ1n) is 8.58. The van der Waals surface area contributed by atoms with Crippen LogP contribution in [0.1, 0.15) is 5.56 Å². The summed E-state index contributed by atoms with van der Waals surface area (Å²) < 4.78 is 13.4. The Morgan fingerprint density at radius 1 is 1.12 bits per heavy atom. The van der Waals surface area contributed by atoms with Crippen LogP contribution in [0.15, 0.2) is 54.6 Å². The number of nitrogens with zero attached hydrogens (tertiary/aromatic N) is 2. The van der Waals surface area contributed by atoms with Gasteiger partial charge in [0.1, 0.15) is 17.9 Å². The third-order valence-electron chi connectivity index (χ3n) is 4.36. The summed E-state index contributed by atoms with van der Waals surface area (Å²) in [6.07, 6.45) is -0.0412. The molecule has 1 aliphatic heterocycles. The minimum absolute atomic E-state index is 0.0412. The Hall–Kier alpha value is -2.50. The van der Waals surface area contributed by atoms with Crippen LogP contribution in [-0.2, 0) is 13.6 Å². The van der Waals surface area contributed by atoms with Gasteiger partial charge in [0, 0.05) is 31.3 Å². The van der Waals surface area contributed by atoms with E-state index in [0.717, 1.165) is 28.3 Å². The van der Waals surface area contributed by atoms with E-state index in [-0.39, 0.29) is 6.10 Å². The maximum absolute atomic E-state index is 6.46. The van der Waals surface area contributed by atoms with E-state index in [1.807, 2.05) is 61.6 Å². The second-order valence-electron chi connectivity index (χ2n) is 6.24. The second kappa shape index (κ2) is 7.40. The van der Waals surface area contributed by atoms with Crippen LogP contribution in [0.3, 0.4) is 0 Å². The van der Waals surface area contributed by atoms with Crippen molar-refractivity contribution in [2.24, 2.45) is 7.05 Å². The molecule has 1 aromatic heterocycles. The van der Waals surface area contributed by atoms with Gasteiger partial charge < -0.3 is 14.8 Å². The summed E-state index contributed by atoms with van der Waals surface area (Å²) in [4.78, 5) is 0. The predicted octanol–water partition coefficient (Wildman–Crippen LogP) is 3.67. The summed E-state index contributed by atoms with van der Waals surface area (Å²) in [7, 11) is 1.85. The molecule has 1 atom stereocenters. The maximum atomic E-state index is 6.46. The quantitative estimate of drug-likeness (QED) is 0.745. The molecule has 1 N–H and O–H groups in total. The minimum atomic E-state index is -0.0412. The van der Waals surface area contributed by atoms with Gasteiger partial charge >= 0.3 is 0 Å². The van der Waals surface area contributed by atoms with Gasteiger partial charge in [-0.1, -0.05) is 54.1 Å². The first-order valence-corrected chi connectivity index (χ1v) is 8.96. The van der Waals surface area contributed by atoms with E-state index in [4.69, 9.17) is 21.1 Å². The Kier molecular flexibility index (Phi) is 4.82. The van der Waals surface area contributed by atoms with Gasteiger partial charge in [-0.15, -0.1) is 0 Å². The van der Waals surface area contributed by atoms with Crippen LogP contribution in [0.25, 0.3) is 11.3 Å². The molecule has 0 radical (unpaired) electrons. The summed E-state index contributed by atoms with van der Waals surface area (Å²) in [5.74, 6) is 1.58. The molecular weight excluding hydrogens is 350 g/mol. The second-order valence-corrected chi connectivity index (χ2v) is 6.59. The topological polar surface area (TPSA) is 48.3 Å². The maximum Gasteiger partial charge on any atom is 0.161 e. The third kappa shape index (κ3) is 3.41. The van der Waals surface area contributed by atoms with Crippen LogP contribution in [0.4, 0.5) is 0 Å². The highest BCUT2D eigenvalue weighted by Gasteiger charge is 2.21. The lowest BCUT2D eigenvalue weighted by atomic mass is 10.1. The van der Waals surface area contributed by atoms with Crippen molar-refractivity contribution < 1.29 is 9.47 Å². The molecule has 0 amide bonds. The van der Waals surface area contributed by atoms with E-state index in [9.17, 15) is 0 Å². The van der Waals surface area contributed by atoms with Crippen molar-refractivity contribution >= 4 is 11.6 Å². The molecule has 0 saturated heterocycles. The molecule has 134 valence electrons. The number of benzene rings is 2. The molecule has 5 nitrogen and oxygen atoms in total. The Labute approximate surface area is 157 Å². The van der Waals surface area contributed by atoms with E-state index in [1.54, 1.807) is 4.68 Å². The number of fused-ring (bicyclic) bond motifs is 1. The number of aromatic nitrogens is 2. The molecule has 0 bridgehead atoms. The Morgan fingerprint density at radius 3 is 2.65 bits per heavy atom. The average Bonchev–Trinajstić information content (AvgIpc) is 2.97. The van der Waals surface area contributed by atoms with Crippen LogP contribution in [0.5, 0.6) is 11.5 Å². The van der Waals surface area contributed by atoms with Crippen LogP contribution in [0.2, 0.25) is 5.15 Å². The highest BCUT2D eigenvalue weighted by molar-refractivity contribution is 6.30. The summed E-state index contributed by atoms with van der Waals surface area (Å²) >= 11 is 6.46. The number of para-hydroxylation sites is 2. The number of ether oxygens (including phenoxy) is 2. The predicted molar refractivity (Wildman–Crippen MR) is 102 cm³/mol. The number of hydrogen-bond donors (Lipinski definition) is 1. The number of halogens is 1. The summed E-state index contributed by atoms with van der Waals surface area (Å²) in [5, 5.41) is 8.63. The van der Waals surface area contributed by atoms with Crippen molar-refractivity contribution in [1.29, 1.82) is 0 Å². The number of nitrogens with one attached hydrogen (secondary N) is 1. The minimum Gasteiger partial charge on any atom is -0.486 e. The van der Waals surface area contributed by atoms with Gasteiger partial charge in [0.15, 0.2) is 11.5 Å². The summed E-state index contributed by atoms with van der Waals surface area (Å²) in [6, 6.07) is 17.8. The SMILES string of the molecule is Cn1nc(-c2ccccc2)c(CNCC2COc3ccccc3O2)c1Cl. The summed E-state index contributed by atoms with van der Waals surface area (Å²) in [5.41, 5.74) is 2.94. The zero-order valence-corrected chi connectivity index (χ0v) is 15.2. The van der Waals surface area contributed by atoms with E-state index in [1.165, 1.54) is 0 Å². The third-order valence-corrected chi connectivity index (χ3v) is 4.83. The molecule has 3 aromatic rings. The molecule has 6 heteroatoms. The van der Waals surface area contributed by atoms with Crippen LogP contribution in [0, 0.1) is 0 Å². The first-order chi connectivity index (χ1) is 12.7. The Balaban J connectivity index is 1.43. The normalized spacial score (nSPS) is 15.8. The molecular formula is C20H20ClN3O2. The van der Waals surface area contributed by atoms with Gasteiger partial charge in [0.2, 0.25) is 0 Å². The fraction of sp³-hybridized carbons (Fsp3) is 0.250. The monoisotopic (exact) mass is 369 g/mol. The number of hydrogen-bond acceptors (Lipinski definition) is 4. The van der Waals surface area contributed by atoms with Crippen molar-refractivity contribution in [1.82, 2.24) is 15.1 Å². The highest BCUT2D eigenvalue weighted by atomic mass is 35.5. The zero-order valence-electron chi connectivity index (χ0n) is 14.5. The van der Waals surface area contributed by atoms with Gasteiger partial charge in [-0.25, -0.2) is 0 Å². The van der Waals surface area contributed by atoms with E-state index in [0.29, 0.717) is 24.8 Å². The highest BCUT2D eigenvalue weighted by Crippen LogP contribution is 2.31. The number of rotatable bonds is 5. The van der Waals surface area contributed by atoms with E-state index < -0.39 is 0 Å². The van der Waals surface area contributed by atoms with Gasteiger partial charge in [0.25, 0.3) is 0 Å². The molecule has 1 aliphatic rings.